The molecule has 0 saturated carbocycles. The Balaban J connectivity index is 1.96. The van der Waals surface area contributed by atoms with Crippen LogP contribution in [0, 0.1) is 5.92 Å². The molecule has 2 rings (SSSR count). The van der Waals surface area contributed by atoms with Crippen molar-refractivity contribution in [2.45, 2.75) is 52.1 Å². The lowest BCUT2D eigenvalue weighted by atomic mass is 10.0. The fourth-order valence-corrected chi connectivity index (χ4v) is 3.62. The molecule has 0 unspecified atom stereocenters. The maximum absolute atomic E-state index is 12.8. The summed E-state index contributed by atoms with van der Waals surface area (Å²) in [6.45, 7) is 8.57. The van der Waals surface area contributed by atoms with Crippen LogP contribution >= 0.6 is 0 Å². The Morgan fingerprint density at radius 2 is 1.79 bits per heavy atom. The first-order valence-corrected chi connectivity index (χ1v) is 10.4. The minimum Gasteiger partial charge on any atom is -0.497 e. The minimum atomic E-state index is -0.613. The van der Waals surface area contributed by atoms with Gasteiger partial charge in [-0.1, -0.05) is 20.3 Å². The van der Waals surface area contributed by atoms with Crippen LogP contribution in [-0.2, 0) is 4.79 Å². The molecular weight excluding hydrogens is 370 g/mol. The molecule has 1 aliphatic rings. The predicted molar refractivity (Wildman–Crippen MR) is 114 cm³/mol. The number of likely N-dealkylation sites (tertiary alicyclic amines) is 1. The maximum Gasteiger partial charge on any atom is 0.252 e. The third kappa shape index (κ3) is 6.63. The van der Waals surface area contributed by atoms with Crippen LogP contribution in [0.5, 0.6) is 11.5 Å². The molecule has 0 spiro atoms. The molecule has 1 saturated heterocycles. The number of benzene rings is 1. The van der Waals surface area contributed by atoms with Gasteiger partial charge in [0.15, 0.2) is 0 Å². The van der Waals surface area contributed by atoms with E-state index in [-0.39, 0.29) is 17.7 Å². The van der Waals surface area contributed by atoms with Crippen molar-refractivity contribution in [3.05, 3.63) is 23.8 Å². The van der Waals surface area contributed by atoms with Crippen LogP contribution in [0.1, 0.15) is 50.4 Å². The van der Waals surface area contributed by atoms with Crippen LogP contribution in [0.25, 0.3) is 0 Å². The van der Waals surface area contributed by atoms with Gasteiger partial charge in [-0.2, -0.15) is 0 Å². The Hall–Kier alpha value is -2.28. The van der Waals surface area contributed by atoms with E-state index in [2.05, 4.69) is 22.5 Å². The highest BCUT2D eigenvalue weighted by Crippen LogP contribution is 2.22. The zero-order valence-electron chi connectivity index (χ0n) is 18.3. The zero-order valence-corrected chi connectivity index (χ0v) is 18.3. The van der Waals surface area contributed by atoms with Crippen LogP contribution in [0.2, 0.25) is 0 Å². The Morgan fingerprint density at radius 1 is 1.14 bits per heavy atom. The van der Waals surface area contributed by atoms with Gasteiger partial charge in [-0.15, -0.1) is 0 Å². The summed E-state index contributed by atoms with van der Waals surface area (Å²) < 4.78 is 10.4. The number of piperidine rings is 1. The summed E-state index contributed by atoms with van der Waals surface area (Å²) in [4.78, 5) is 27.9. The third-order valence-corrected chi connectivity index (χ3v) is 5.49. The van der Waals surface area contributed by atoms with E-state index in [1.54, 1.807) is 18.2 Å². The van der Waals surface area contributed by atoms with Gasteiger partial charge < -0.3 is 20.1 Å². The van der Waals surface area contributed by atoms with Gasteiger partial charge in [-0.3, -0.25) is 14.5 Å². The van der Waals surface area contributed by atoms with Crippen LogP contribution in [-0.4, -0.2) is 62.7 Å². The summed E-state index contributed by atoms with van der Waals surface area (Å²) in [6.07, 6.45) is 3.70. The molecule has 7 heteroatoms. The van der Waals surface area contributed by atoms with Gasteiger partial charge in [0.25, 0.3) is 5.91 Å². The highest BCUT2D eigenvalue weighted by molar-refractivity contribution is 5.98. The molecule has 162 valence electrons. The smallest absolute Gasteiger partial charge is 0.252 e. The van der Waals surface area contributed by atoms with Crippen molar-refractivity contribution in [1.82, 2.24) is 15.5 Å². The van der Waals surface area contributed by atoms with Gasteiger partial charge in [0.2, 0.25) is 5.91 Å². The van der Waals surface area contributed by atoms with E-state index >= 15 is 0 Å². The van der Waals surface area contributed by atoms with Crippen molar-refractivity contribution in [2.24, 2.45) is 5.92 Å². The quantitative estimate of drug-likeness (QED) is 0.660. The van der Waals surface area contributed by atoms with Gasteiger partial charge in [0.1, 0.15) is 17.5 Å². The van der Waals surface area contributed by atoms with Crippen molar-refractivity contribution in [3.63, 3.8) is 0 Å². The van der Waals surface area contributed by atoms with Gasteiger partial charge in [-0.25, -0.2) is 0 Å². The van der Waals surface area contributed by atoms with Crippen LogP contribution in [0.4, 0.5) is 0 Å². The third-order valence-electron chi connectivity index (χ3n) is 5.49. The summed E-state index contributed by atoms with van der Waals surface area (Å²) in [5, 5.41) is 5.85. The van der Waals surface area contributed by atoms with Crippen LogP contribution in [0.15, 0.2) is 18.2 Å². The minimum absolute atomic E-state index is 0.0413. The molecule has 1 aromatic rings. The number of methoxy groups -OCH3 is 2. The van der Waals surface area contributed by atoms with E-state index < -0.39 is 6.04 Å². The lowest BCUT2D eigenvalue weighted by molar-refractivity contribution is -0.124. The van der Waals surface area contributed by atoms with E-state index in [4.69, 9.17) is 9.47 Å². The lowest BCUT2D eigenvalue weighted by Gasteiger charge is -2.33. The van der Waals surface area contributed by atoms with E-state index in [0.717, 1.165) is 13.1 Å². The van der Waals surface area contributed by atoms with Crippen molar-refractivity contribution in [2.75, 3.05) is 33.9 Å². The largest absolute Gasteiger partial charge is 0.497 e. The second-order valence-corrected chi connectivity index (χ2v) is 7.97. The second-order valence-electron chi connectivity index (χ2n) is 7.97. The predicted octanol–water partition coefficient (Wildman–Crippen LogP) is 2.45. The summed E-state index contributed by atoms with van der Waals surface area (Å²) in [5.74, 6) is 0.514. The summed E-state index contributed by atoms with van der Waals surface area (Å²) in [5.41, 5.74) is 0.391. The van der Waals surface area contributed by atoms with Gasteiger partial charge in [0, 0.05) is 30.8 Å². The van der Waals surface area contributed by atoms with Crippen molar-refractivity contribution < 1.29 is 19.1 Å². The summed E-state index contributed by atoms with van der Waals surface area (Å²) in [6, 6.07) is 4.91. The molecule has 1 heterocycles. The molecule has 1 aromatic carbocycles. The number of hydrogen-bond acceptors (Lipinski definition) is 5. The van der Waals surface area contributed by atoms with Crippen molar-refractivity contribution >= 4 is 11.8 Å². The SMILES string of the molecule is COc1cc(OC)cc(C(=O)N[C@@H](C(=O)NCCN2CCCC[C@@H]2C)C(C)C)c1. The molecule has 0 aromatic heterocycles. The molecule has 0 bridgehead atoms. The summed E-state index contributed by atoms with van der Waals surface area (Å²) >= 11 is 0. The van der Waals surface area contributed by atoms with Crippen LogP contribution < -0.4 is 20.1 Å². The standard InChI is InChI=1S/C22H35N3O4/c1-15(2)20(22(27)23-9-11-25-10-7-6-8-16(25)3)24-21(26)17-12-18(28-4)14-19(13-17)29-5/h12-16,20H,6-11H2,1-5H3,(H,23,27)(H,24,26)/t16-,20+/m0/s1. The number of amides is 2. The molecule has 2 amide bonds. The molecular formula is C22H35N3O4. The molecule has 1 fully saturated rings. The number of carbonyl (C=O) groups is 2. The van der Waals surface area contributed by atoms with E-state index in [1.165, 1.54) is 33.5 Å². The van der Waals surface area contributed by atoms with Gasteiger partial charge >= 0.3 is 0 Å². The second kappa shape index (κ2) is 11.0. The zero-order chi connectivity index (χ0) is 21.4. The Morgan fingerprint density at radius 3 is 2.34 bits per heavy atom. The normalized spacial score (nSPS) is 18.2. The average Bonchev–Trinajstić information content (AvgIpc) is 2.72. The highest BCUT2D eigenvalue weighted by Gasteiger charge is 2.25. The van der Waals surface area contributed by atoms with Crippen molar-refractivity contribution in [1.29, 1.82) is 0 Å². The fraction of sp³-hybridized carbons (Fsp3) is 0.636. The first kappa shape index (κ1) is 23.0. The Bertz CT molecular complexity index is 670. The number of nitrogens with one attached hydrogen (secondary N) is 2. The van der Waals surface area contributed by atoms with E-state index in [9.17, 15) is 9.59 Å². The number of carbonyl (C=O) groups excluding carboxylic acids is 2. The first-order chi connectivity index (χ1) is 13.8. The topological polar surface area (TPSA) is 79.9 Å². The maximum atomic E-state index is 12.8. The average molecular weight is 406 g/mol. The molecule has 1 aliphatic heterocycles. The number of nitrogens with zero attached hydrogens (tertiary/aromatic N) is 1. The molecule has 2 N–H and O–H groups in total. The van der Waals surface area contributed by atoms with Crippen LogP contribution in [0.3, 0.4) is 0 Å². The number of hydrogen-bond donors (Lipinski definition) is 2. The molecule has 0 radical (unpaired) electrons. The Kier molecular flexibility index (Phi) is 8.76. The van der Waals surface area contributed by atoms with Gasteiger partial charge in [-0.05, 0) is 44.4 Å². The molecule has 29 heavy (non-hydrogen) atoms. The molecule has 7 nitrogen and oxygen atoms in total. The molecule has 0 aliphatic carbocycles. The molecule has 2 atom stereocenters. The monoisotopic (exact) mass is 405 g/mol. The lowest BCUT2D eigenvalue weighted by Crippen LogP contribution is -2.51. The van der Waals surface area contributed by atoms with Crippen molar-refractivity contribution in [3.8, 4) is 11.5 Å². The first-order valence-electron chi connectivity index (χ1n) is 10.4. The Labute approximate surface area is 174 Å². The van der Waals surface area contributed by atoms with E-state index in [1.807, 2.05) is 13.8 Å². The fourth-order valence-electron chi connectivity index (χ4n) is 3.62. The highest BCUT2D eigenvalue weighted by atomic mass is 16.5. The van der Waals surface area contributed by atoms with Gasteiger partial charge in [0.05, 0.1) is 14.2 Å². The number of rotatable bonds is 9. The van der Waals surface area contributed by atoms with E-state index in [0.29, 0.717) is 29.6 Å². The summed E-state index contributed by atoms with van der Waals surface area (Å²) in [7, 11) is 3.06. The number of ether oxygens (including phenoxy) is 2.